The van der Waals surface area contributed by atoms with Crippen LogP contribution in [0.15, 0.2) is 0 Å². The van der Waals surface area contributed by atoms with Gasteiger partial charge in [0, 0.05) is 13.2 Å². The predicted molar refractivity (Wildman–Crippen MR) is 69.3 cm³/mol. The van der Waals surface area contributed by atoms with Crippen molar-refractivity contribution in [2.45, 2.75) is 51.4 Å². The molecule has 17 heavy (non-hydrogen) atoms. The van der Waals surface area contributed by atoms with Crippen LogP contribution in [0.3, 0.4) is 0 Å². The lowest BCUT2D eigenvalue weighted by atomic mass is 10.0. The second kappa shape index (κ2) is 8.06. The predicted octanol–water partition coefficient (Wildman–Crippen LogP) is 1.65. The van der Waals surface area contributed by atoms with E-state index in [4.69, 9.17) is 5.11 Å². The molecule has 1 aliphatic rings. The van der Waals surface area contributed by atoms with Gasteiger partial charge in [-0.1, -0.05) is 25.7 Å². The molecule has 102 valence electrons. The number of aliphatic hydroxyl groups is 1. The smallest absolute Gasteiger partial charge is 0.211 e. The van der Waals surface area contributed by atoms with Crippen molar-refractivity contribution in [3.8, 4) is 0 Å². The molecule has 0 amide bonds. The van der Waals surface area contributed by atoms with Crippen molar-refractivity contribution < 1.29 is 13.5 Å². The zero-order chi connectivity index (χ0) is 12.6. The summed E-state index contributed by atoms with van der Waals surface area (Å²) in [6.07, 6.45) is 8.53. The third kappa shape index (κ3) is 7.01. The Labute approximate surface area is 105 Å². The van der Waals surface area contributed by atoms with Crippen molar-refractivity contribution >= 4 is 10.0 Å². The Hall–Kier alpha value is -0.130. The molecule has 1 saturated carbocycles. The minimum absolute atomic E-state index is 0.0667. The summed E-state index contributed by atoms with van der Waals surface area (Å²) in [4.78, 5) is 0. The molecule has 0 saturated heterocycles. The van der Waals surface area contributed by atoms with Gasteiger partial charge < -0.3 is 5.11 Å². The zero-order valence-electron chi connectivity index (χ0n) is 10.5. The number of nitrogens with one attached hydrogen (secondary N) is 1. The third-order valence-electron chi connectivity index (χ3n) is 3.41. The van der Waals surface area contributed by atoms with Gasteiger partial charge in [0.1, 0.15) is 0 Å². The highest BCUT2D eigenvalue weighted by Gasteiger charge is 2.15. The lowest BCUT2D eigenvalue weighted by Gasteiger charge is -2.09. The van der Waals surface area contributed by atoms with Gasteiger partial charge in [-0.25, -0.2) is 13.1 Å². The van der Waals surface area contributed by atoms with E-state index >= 15 is 0 Å². The maximum absolute atomic E-state index is 11.5. The first-order valence-corrected chi connectivity index (χ1v) is 8.37. The summed E-state index contributed by atoms with van der Waals surface area (Å²) in [5.74, 6) is 0.964. The van der Waals surface area contributed by atoms with Crippen LogP contribution in [0.4, 0.5) is 0 Å². The molecule has 1 rings (SSSR count). The fourth-order valence-corrected chi connectivity index (χ4v) is 3.58. The molecule has 1 fully saturated rings. The van der Waals surface area contributed by atoms with E-state index in [0.29, 0.717) is 19.4 Å². The minimum atomic E-state index is -3.11. The van der Waals surface area contributed by atoms with Gasteiger partial charge in [-0.2, -0.15) is 0 Å². The van der Waals surface area contributed by atoms with Crippen LogP contribution in [0, 0.1) is 5.92 Å². The van der Waals surface area contributed by atoms with Crippen molar-refractivity contribution in [2.24, 2.45) is 5.92 Å². The van der Waals surface area contributed by atoms with Gasteiger partial charge in [-0.15, -0.1) is 0 Å². The van der Waals surface area contributed by atoms with Crippen LogP contribution in [-0.4, -0.2) is 32.4 Å². The Kier molecular flexibility index (Phi) is 7.08. The molecule has 1 aliphatic carbocycles. The van der Waals surface area contributed by atoms with E-state index in [0.717, 1.165) is 18.8 Å². The van der Waals surface area contributed by atoms with Crippen LogP contribution in [0.25, 0.3) is 0 Å². The highest BCUT2D eigenvalue weighted by atomic mass is 32.2. The van der Waals surface area contributed by atoms with Crippen molar-refractivity contribution in [2.75, 3.05) is 18.9 Å². The Morgan fingerprint density at radius 3 is 2.47 bits per heavy atom. The van der Waals surface area contributed by atoms with E-state index in [2.05, 4.69) is 4.72 Å². The molecular formula is C12H25NO3S. The Bertz CT molecular complexity index is 284. The SMILES string of the molecule is O=S(=O)(CCCCO)NCCCC1CCCC1. The average Bonchev–Trinajstić information content (AvgIpc) is 2.77. The highest BCUT2D eigenvalue weighted by Crippen LogP contribution is 2.28. The van der Waals surface area contributed by atoms with E-state index in [1.165, 1.54) is 25.7 Å². The van der Waals surface area contributed by atoms with Crippen LogP contribution in [0.2, 0.25) is 0 Å². The number of hydrogen-bond donors (Lipinski definition) is 2. The van der Waals surface area contributed by atoms with Crippen LogP contribution in [0.5, 0.6) is 0 Å². The summed E-state index contributed by atoms with van der Waals surface area (Å²) < 4.78 is 25.6. The lowest BCUT2D eigenvalue weighted by Crippen LogP contribution is -2.27. The molecule has 5 heteroatoms. The van der Waals surface area contributed by atoms with Gasteiger partial charge >= 0.3 is 0 Å². The van der Waals surface area contributed by atoms with E-state index in [1.54, 1.807) is 0 Å². The maximum Gasteiger partial charge on any atom is 0.211 e. The molecule has 4 nitrogen and oxygen atoms in total. The fraction of sp³-hybridized carbons (Fsp3) is 1.00. The molecule has 0 aromatic rings. The van der Waals surface area contributed by atoms with Gasteiger partial charge in [0.2, 0.25) is 10.0 Å². The zero-order valence-corrected chi connectivity index (χ0v) is 11.3. The largest absolute Gasteiger partial charge is 0.396 e. The monoisotopic (exact) mass is 263 g/mol. The van der Waals surface area contributed by atoms with Gasteiger partial charge in [0.25, 0.3) is 0 Å². The van der Waals surface area contributed by atoms with E-state index in [9.17, 15) is 8.42 Å². The van der Waals surface area contributed by atoms with Gasteiger partial charge in [-0.3, -0.25) is 0 Å². The number of aliphatic hydroxyl groups excluding tert-OH is 1. The van der Waals surface area contributed by atoms with E-state index in [1.807, 2.05) is 0 Å². The second-order valence-corrected chi connectivity index (χ2v) is 6.86. The Morgan fingerprint density at radius 2 is 1.82 bits per heavy atom. The Balaban J connectivity index is 2.03. The first-order chi connectivity index (χ1) is 8.14. The molecule has 0 radical (unpaired) electrons. The molecule has 0 spiro atoms. The topological polar surface area (TPSA) is 66.4 Å². The van der Waals surface area contributed by atoms with Gasteiger partial charge in [-0.05, 0) is 31.6 Å². The molecule has 0 aromatic carbocycles. The number of hydrogen-bond acceptors (Lipinski definition) is 3. The highest BCUT2D eigenvalue weighted by molar-refractivity contribution is 7.89. The van der Waals surface area contributed by atoms with Crippen LogP contribution < -0.4 is 4.72 Å². The Morgan fingerprint density at radius 1 is 1.12 bits per heavy atom. The van der Waals surface area contributed by atoms with Crippen LogP contribution >= 0.6 is 0 Å². The normalized spacial score (nSPS) is 17.7. The van der Waals surface area contributed by atoms with Crippen LogP contribution in [-0.2, 0) is 10.0 Å². The standard InChI is InChI=1S/C12H25NO3S/c14-10-3-4-11-17(15,16)13-9-5-8-12-6-1-2-7-12/h12-14H,1-11H2. The summed E-state index contributed by atoms with van der Waals surface area (Å²) in [5.41, 5.74) is 0. The molecule has 0 aromatic heterocycles. The van der Waals surface area contributed by atoms with Gasteiger partial charge in [0.05, 0.1) is 5.75 Å². The van der Waals surface area contributed by atoms with E-state index in [-0.39, 0.29) is 12.4 Å². The first kappa shape index (κ1) is 14.9. The fourth-order valence-electron chi connectivity index (χ4n) is 2.39. The molecule has 0 heterocycles. The number of unbranched alkanes of at least 4 members (excludes halogenated alkanes) is 1. The summed E-state index contributed by atoms with van der Waals surface area (Å²) in [6.45, 7) is 0.634. The van der Waals surface area contributed by atoms with Crippen molar-refractivity contribution in [3.63, 3.8) is 0 Å². The lowest BCUT2D eigenvalue weighted by molar-refractivity contribution is 0.287. The van der Waals surface area contributed by atoms with Crippen molar-refractivity contribution in [1.82, 2.24) is 4.72 Å². The second-order valence-electron chi connectivity index (χ2n) is 4.94. The average molecular weight is 263 g/mol. The number of sulfonamides is 1. The quantitative estimate of drug-likeness (QED) is 0.622. The molecule has 2 N–H and O–H groups in total. The summed E-state index contributed by atoms with van der Waals surface area (Å²) in [7, 11) is -3.11. The summed E-state index contributed by atoms with van der Waals surface area (Å²) in [5, 5.41) is 8.58. The summed E-state index contributed by atoms with van der Waals surface area (Å²) in [6, 6.07) is 0. The van der Waals surface area contributed by atoms with Crippen molar-refractivity contribution in [1.29, 1.82) is 0 Å². The molecular weight excluding hydrogens is 238 g/mol. The maximum atomic E-state index is 11.5. The van der Waals surface area contributed by atoms with Crippen LogP contribution in [0.1, 0.15) is 51.4 Å². The number of rotatable bonds is 9. The van der Waals surface area contributed by atoms with Gasteiger partial charge in [0.15, 0.2) is 0 Å². The molecule has 0 atom stereocenters. The summed E-state index contributed by atoms with van der Waals surface area (Å²) >= 11 is 0. The first-order valence-electron chi connectivity index (χ1n) is 6.72. The molecule has 0 unspecified atom stereocenters. The minimum Gasteiger partial charge on any atom is -0.396 e. The molecule has 0 bridgehead atoms. The molecule has 0 aliphatic heterocycles. The van der Waals surface area contributed by atoms with Crippen molar-refractivity contribution in [3.05, 3.63) is 0 Å². The van der Waals surface area contributed by atoms with E-state index < -0.39 is 10.0 Å². The third-order valence-corrected chi connectivity index (χ3v) is 4.88.